The Hall–Kier alpha value is -1.88. The minimum atomic E-state index is -0.651. The normalized spacial score (nSPS) is 14.2. The number of aryl methyl sites for hydroxylation is 1. The van der Waals surface area contributed by atoms with Gasteiger partial charge in [0.15, 0.2) is 0 Å². The summed E-state index contributed by atoms with van der Waals surface area (Å²) in [5.74, 6) is -0.625. The molecular formula is C19H30N2O3. The summed E-state index contributed by atoms with van der Waals surface area (Å²) in [5.41, 5.74) is 1.28. The van der Waals surface area contributed by atoms with Gasteiger partial charge in [-0.3, -0.25) is 9.59 Å². The summed E-state index contributed by atoms with van der Waals surface area (Å²) in [6, 6.07) is 6.55. The van der Waals surface area contributed by atoms with Crippen molar-refractivity contribution in [1.82, 2.24) is 10.6 Å². The number of carbonyl (C=O) groups is 2. The second kappa shape index (κ2) is 8.29. The predicted octanol–water partition coefficient (Wildman–Crippen LogP) is 2.27. The molecule has 0 fully saturated rings. The number of aliphatic hydroxyl groups is 1. The highest BCUT2D eigenvalue weighted by Crippen LogP contribution is 2.18. The molecule has 0 aliphatic rings. The van der Waals surface area contributed by atoms with Crippen LogP contribution in [0.25, 0.3) is 0 Å². The Morgan fingerprint density at radius 3 is 2.12 bits per heavy atom. The van der Waals surface area contributed by atoms with E-state index in [4.69, 9.17) is 0 Å². The van der Waals surface area contributed by atoms with Gasteiger partial charge in [-0.05, 0) is 30.4 Å². The van der Waals surface area contributed by atoms with E-state index < -0.39 is 12.1 Å². The Kier molecular flexibility index (Phi) is 6.96. The Bertz CT molecular complexity index is 559. The van der Waals surface area contributed by atoms with Crippen LogP contribution in [-0.2, 0) is 4.79 Å². The van der Waals surface area contributed by atoms with E-state index in [9.17, 15) is 14.7 Å². The minimum absolute atomic E-state index is 0.0637. The number of rotatable bonds is 6. The van der Waals surface area contributed by atoms with Crippen LogP contribution in [0.3, 0.4) is 0 Å². The van der Waals surface area contributed by atoms with E-state index in [-0.39, 0.29) is 29.7 Å². The third-order valence-electron chi connectivity index (χ3n) is 4.02. The van der Waals surface area contributed by atoms with Gasteiger partial charge in [0.1, 0.15) is 6.04 Å². The third kappa shape index (κ3) is 5.96. The smallest absolute Gasteiger partial charge is 0.251 e. The molecule has 24 heavy (non-hydrogen) atoms. The Balaban J connectivity index is 2.71. The first-order valence-electron chi connectivity index (χ1n) is 8.35. The number of benzene rings is 1. The van der Waals surface area contributed by atoms with Crippen molar-refractivity contribution < 1.29 is 14.7 Å². The van der Waals surface area contributed by atoms with Gasteiger partial charge >= 0.3 is 0 Å². The van der Waals surface area contributed by atoms with Crippen molar-refractivity contribution >= 4 is 11.8 Å². The van der Waals surface area contributed by atoms with Crippen LogP contribution in [0.5, 0.6) is 0 Å². The molecule has 0 aliphatic carbocycles. The molecule has 2 atom stereocenters. The quantitative estimate of drug-likeness (QED) is 0.747. The van der Waals surface area contributed by atoms with Crippen molar-refractivity contribution in [3.63, 3.8) is 0 Å². The number of nitrogens with one attached hydrogen (secondary N) is 2. The van der Waals surface area contributed by atoms with Crippen molar-refractivity contribution in [2.24, 2.45) is 11.3 Å². The molecule has 1 aromatic rings. The molecule has 5 heteroatoms. The maximum absolute atomic E-state index is 12.4. The van der Waals surface area contributed by atoms with Crippen LogP contribution in [0.15, 0.2) is 24.3 Å². The third-order valence-corrected chi connectivity index (χ3v) is 4.02. The molecule has 2 unspecified atom stereocenters. The monoisotopic (exact) mass is 334 g/mol. The minimum Gasteiger partial charge on any atom is -0.391 e. The van der Waals surface area contributed by atoms with Crippen molar-refractivity contribution in [1.29, 1.82) is 0 Å². The summed E-state index contributed by atoms with van der Waals surface area (Å²) in [5, 5.41) is 15.6. The van der Waals surface area contributed by atoms with Crippen LogP contribution in [0, 0.1) is 18.3 Å². The molecule has 3 N–H and O–H groups in total. The summed E-state index contributed by atoms with van der Waals surface area (Å²) in [6.07, 6.45) is -0.651. The summed E-state index contributed by atoms with van der Waals surface area (Å²) >= 11 is 0. The Morgan fingerprint density at radius 1 is 1.12 bits per heavy atom. The van der Waals surface area contributed by atoms with Gasteiger partial charge in [-0.15, -0.1) is 0 Å². The molecule has 0 saturated heterocycles. The van der Waals surface area contributed by atoms with E-state index >= 15 is 0 Å². The average molecular weight is 334 g/mol. The van der Waals surface area contributed by atoms with Gasteiger partial charge in [0, 0.05) is 12.1 Å². The zero-order valence-corrected chi connectivity index (χ0v) is 15.5. The largest absolute Gasteiger partial charge is 0.391 e. The topological polar surface area (TPSA) is 78.4 Å². The van der Waals surface area contributed by atoms with Gasteiger partial charge in [0.2, 0.25) is 5.91 Å². The fourth-order valence-electron chi connectivity index (χ4n) is 2.08. The predicted molar refractivity (Wildman–Crippen MR) is 95.7 cm³/mol. The molecule has 134 valence electrons. The number of amides is 2. The zero-order chi connectivity index (χ0) is 18.5. The fraction of sp³-hybridized carbons (Fsp3) is 0.579. The fourth-order valence-corrected chi connectivity index (χ4v) is 2.08. The first kappa shape index (κ1) is 20.2. The van der Waals surface area contributed by atoms with E-state index in [0.717, 1.165) is 5.56 Å². The number of carbonyl (C=O) groups excluding carboxylic acids is 2. The molecule has 0 heterocycles. The standard InChI is InChI=1S/C19H30N2O3/c1-12(2)16(18(24)20-11-15(22)19(4,5)6)21-17(23)14-9-7-13(3)8-10-14/h7-10,12,15-16,22H,11H2,1-6H3,(H,20,24)(H,21,23). The van der Waals surface area contributed by atoms with Gasteiger partial charge < -0.3 is 15.7 Å². The van der Waals surface area contributed by atoms with E-state index in [1.807, 2.05) is 53.7 Å². The van der Waals surface area contributed by atoms with E-state index in [2.05, 4.69) is 10.6 Å². The van der Waals surface area contributed by atoms with E-state index in [1.54, 1.807) is 12.1 Å². The van der Waals surface area contributed by atoms with Crippen LogP contribution >= 0.6 is 0 Å². The highest BCUT2D eigenvalue weighted by molar-refractivity contribution is 5.97. The molecule has 0 aliphatic heterocycles. The van der Waals surface area contributed by atoms with E-state index in [0.29, 0.717) is 5.56 Å². The lowest BCUT2D eigenvalue weighted by Gasteiger charge is -2.28. The van der Waals surface area contributed by atoms with Crippen LogP contribution in [-0.4, -0.2) is 35.6 Å². The molecule has 0 aromatic heterocycles. The maximum Gasteiger partial charge on any atom is 0.251 e. The molecular weight excluding hydrogens is 304 g/mol. The van der Waals surface area contributed by atoms with Crippen molar-refractivity contribution in [2.75, 3.05) is 6.54 Å². The van der Waals surface area contributed by atoms with Crippen LogP contribution in [0.1, 0.15) is 50.5 Å². The summed E-state index contributed by atoms with van der Waals surface area (Å²) < 4.78 is 0. The Labute approximate surface area is 144 Å². The number of hydrogen-bond acceptors (Lipinski definition) is 3. The van der Waals surface area contributed by atoms with E-state index in [1.165, 1.54) is 0 Å². The summed E-state index contributed by atoms with van der Waals surface area (Å²) in [7, 11) is 0. The van der Waals surface area contributed by atoms with Gasteiger partial charge in [0.25, 0.3) is 5.91 Å². The molecule has 1 rings (SSSR count). The van der Waals surface area contributed by atoms with Crippen molar-refractivity contribution in [2.45, 2.75) is 53.7 Å². The highest BCUT2D eigenvalue weighted by Gasteiger charge is 2.27. The number of hydrogen-bond donors (Lipinski definition) is 3. The molecule has 0 radical (unpaired) electrons. The second-order valence-corrected chi connectivity index (χ2v) is 7.69. The molecule has 5 nitrogen and oxygen atoms in total. The van der Waals surface area contributed by atoms with Gasteiger partial charge in [-0.25, -0.2) is 0 Å². The molecule has 0 saturated carbocycles. The summed E-state index contributed by atoms with van der Waals surface area (Å²) in [6.45, 7) is 11.6. The average Bonchev–Trinajstić information content (AvgIpc) is 2.49. The molecule has 2 amide bonds. The van der Waals surface area contributed by atoms with Gasteiger partial charge in [-0.2, -0.15) is 0 Å². The molecule has 0 spiro atoms. The van der Waals surface area contributed by atoms with Crippen molar-refractivity contribution in [3.05, 3.63) is 35.4 Å². The first-order valence-corrected chi connectivity index (χ1v) is 8.35. The molecule has 0 bridgehead atoms. The van der Waals surface area contributed by atoms with Crippen LogP contribution in [0.2, 0.25) is 0 Å². The van der Waals surface area contributed by atoms with Crippen LogP contribution < -0.4 is 10.6 Å². The van der Waals surface area contributed by atoms with Crippen LogP contribution in [0.4, 0.5) is 0 Å². The maximum atomic E-state index is 12.4. The highest BCUT2D eigenvalue weighted by atomic mass is 16.3. The van der Waals surface area contributed by atoms with Gasteiger partial charge in [-0.1, -0.05) is 52.3 Å². The Morgan fingerprint density at radius 2 is 1.67 bits per heavy atom. The summed E-state index contributed by atoms with van der Waals surface area (Å²) in [4.78, 5) is 24.7. The lowest BCUT2D eigenvalue weighted by atomic mass is 9.89. The second-order valence-electron chi connectivity index (χ2n) is 7.69. The van der Waals surface area contributed by atoms with Crippen molar-refractivity contribution in [3.8, 4) is 0 Å². The zero-order valence-electron chi connectivity index (χ0n) is 15.5. The number of aliphatic hydroxyl groups excluding tert-OH is 1. The SMILES string of the molecule is Cc1ccc(C(=O)NC(C(=O)NCC(O)C(C)(C)C)C(C)C)cc1. The van der Waals surface area contributed by atoms with Gasteiger partial charge in [0.05, 0.1) is 6.10 Å². The first-order chi connectivity index (χ1) is 11.0. The molecule has 1 aromatic carbocycles. The lowest BCUT2D eigenvalue weighted by Crippen LogP contribution is -2.51. The lowest BCUT2D eigenvalue weighted by molar-refractivity contribution is -0.124.